The summed E-state index contributed by atoms with van der Waals surface area (Å²) in [5, 5.41) is 5.52. The first-order chi connectivity index (χ1) is 6.95. The number of hydrogen-bond donors (Lipinski definition) is 1. The van der Waals surface area contributed by atoms with E-state index in [0.717, 1.165) is 16.8 Å². The highest BCUT2D eigenvalue weighted by molar-refractivity contribution is 5.91. The Kier molecular flexibility index (Phi) is 1.47. The highest BCUT2D eigenvalue weighted by Crippen LogP contribution is 2.24. The number of benzene rings is 1. The SMILES string of the molecule is C1=C[N]C(c2cccc3cc[nH]c23)=C1. The van der Waals surface area contributed by atoms with Crippen molar-refractivity contribution >= 4 is 16.6 Å². The number of allylic oxidation sites excluding steroid dienone is 2. The third-order valence-electron chi connectivity index (χ3n) is 2.42. The van der Waals surface area contributed by atoms with E-state index in [-0.39, 0.29) is 0 Å². The molecule has 1 aliphatic rings. The summed E-state index contributed by atoms with van der Waals surface area (Å²) in [6.07, 6.45) is 7.75. The van der Waals surface area contributed by atoms with E-state index in [1.165, 1.54) is 5.39 Å². The smallest absolute Gasteiger partial charge is 0.0723 e. The number of fused-ring (bicyclic) bond motifs is 1. The normalized spacial score (nSPS) is 14.4. The molecule has 0 unspecified atom stereocenters. The van der Waals surface area contributed by atoms with Gasteiger partial charge in [0, 0.05) is 23.3 Å². The van der Waals surface area contributed by atoms with Crippen LogP contribution in [0, 0.1) is 0 Å². The first-order valence-electron chi connectivity index (χ1n) is 4.59. The minimum Gasteiger partial charge on any atom is -0.361 e. The van der Waals surface area contributed by atoms with Gasteiger partial charge in [-0.3, -0.25) is 5.32 Å². The molecule has 0 saturated carbocycles. The molecule has 14 heavy (non-hydrogen) atoms. The summed E-state index contributed by atoms with van der Waals surface area (Å²) in [5.41, 5.74) is 3.35. The molecule has 3 rings (SSSR count). The third kappa shape index (κ3) is 0.973. The molecule has 2 nitrogen and oxygen atoms in total. The van der Waals surface area contributed by atoms with Crippen molar-refractivity contribution in [2.75, 3.05) is 0 Å². The van der Waals surface area contributed by atoms with Crippen LogP contribution in [-0.4, -0.2) is 4.98 Å². The number of para-hydroxylation sites is 1. The van der Waals surface area contributed by atoms with Gasteiger partial charge in [-0.2, -0.15) is 0 Å². The molecule has 2 aromatic rings. The van der Waals surface area contributed by atoms with Crippen molar-refractivity contribution in [3.63, 3.8) is 0 Å². The lowest BCUT2D eigenvalue weighted by molar-refractivity contribution is 1.23. The summed E-state index contributed by atoms with van der Waals surface area (Å²) in [4.78, 5) is 3.24. The maximum Gasteiger partial charge on any atom is 0.0723 e. The second kappa shape index (κ2) is 2.77. The van der Waals surface area contributed by atoms with Gasteiger partial charge in [0.25, 0.3) is 0 Å². The van der Waals surface area contributed by atoms with Gasteiger partial charge in [-0.25, -0.2) is 0 Å². The quantitative estimate of drug-likeness (QED) is 0.701. The Balaban J connectivity index is 2.25. The summed E-state index contributed by atoms with van der Waals surface area (Å²) in [6.45, 7) is 0. The molecule has 0 atom stereocenters. The number of aromatic nitrogens is 1. The molecule has 1 aliphatic heterocycles. The zero-order chi connectivity index (χ0) is 9.38. The van der Waals surface area contributed by atoms with Crippen LogP contribution in [0.2, 0.25) is 0 Å². The monoisotopic (exact) mass is 181 g/mol. The van der Waals surface area contributed by atoms with E-state index in [0.29, 0.717) is 0 Å². The van der Waals surface area contributed by atoms with Crippen LogP contribution in [0.1, 0.15) is 5.56 Å². The number of nitrogens with one attached hydrogen (secondary N) is 1. The van der Waals surface area contributed by atoms with E-state index < -0.39 is 0 Å². The van der Waals surface area contributed by atoms with Gasteiger partial charge in [-0.1, -0.05) is 18.2 Å². The predicted molar refractivity (Wildman–Crippen MR) is 57.5 cm³/mol. The summed E-state index contributed by atoms with van der Waals surface area (Å²) >= 11 is 0. The predicted octanol–water partition coefficient (Wildman–Crippen LogP) is 2.64. The van der Waals surface area contributed by atoms with Gasteiger partial charge in [0.15, 0.2) is 0 Å². The van der Waals surface area contributed by atoms with Crippen molar-refractivity contribution in [1.82, 2.24) is 10.3 Å². The summed E-state index contributed by atoms with van der Waals surface area (Å²) in [6, 6.07) is 8.31. The van der Waals surface area contributed by atoms with E-state index in [2.05, 4.69) is 34.6 Å². The molecule has 1 radical (unpaired) electrons. The summed E-state index contributed by atoms with van der Waals surface area (Å²) in [7, 11) is 0. The van der Waals surface area contributed by atoms with Crippen molar-refractivity contribution in [2.45, 2.75) is 0 Å². The Morgan fingerprint density at radius 2 is 2.14 bits per heavy atom. The van der Waals surface area contributed by atoms with Crippen molar-refractivity contribution < 1.29 is 0 Å². The molecule has 1 aromatic carbocycles. The molecular formula is C12H9N2. The van der Waals surface area contributed by atoms with Crippen molar-refractivity contribution in [3.05, 3.63) is 54.4 Å². The number of H-pyrrole nitrogens is 1. The van der Waals surface area contributed by atoms with Crippen LogP contribution in [-0.2, 0) is 0 Å². The molecule has 2 heteroatoms. The van der Waals surface area contributed by atoms with Gasteiger partial charge in [-0.05, 0) is 18.2 Å². The molecule has 0 fully saturated rings. The molecular weight excluding hydrogens is 172 g/mol. The Morgan fingerprint density at radius 3 is 3.00 bits per heavy atom. The first kappa shape index (κ1) is 7.44. The Hall–Kier alpha value is -1.96. The Bertz CT molecular complexity index is 532. The maximum absolute atomic E-state index is 4.30. The van der Waals surface area contributed by atoms with Crippen LogP contribution < -0.4 is 5.32 Å². The Labute approximate surface area is 81.9 Å². The average Bonchev–Trinajstić information content (AvgIpc) is 2.88. The van der Waals surface area contributed by atoms with Gasteiger partial charge in [-0.15, -0.1) is 0 Å². The van der Waals surface area contributed by atoms with Gasteiger partial charge in [0.1, 0.15) is 0 Å². The van der Waals surface area contributed by atoms with Crippen LogP contribution in [0.3, 0.4) is 0 Å². The second-order valence-corrected chi connectivity index (χ2v) is 3.27. The van der Waals surface area contributed by atoms with Crippen LogP contribution in [0.15, 0.2) is 48.8 Å². The van der Waals surface area contributed by atoms with E-state index in [4.69, 9.17) is 0 Å². The zero-order valence-corrected chi connectivity index (χ0v) is 7.57. The van der Waals surface area contributed by atoms with Crippen LogP contribution in [0.4, 0.5) is 0 Å². The molecule has 2 heterocycles. The van der Waals surface area contributed by atoms with Crippen LogP contribution in [0.25, 0.3) is 16.6 Å². The van der Waals surface area contributed by atoms with Crippen molar-refractivity contribution in [2.24, 2.45) is 0 Å². The maximum atomic E-state index is 4.30. The lowest BCUT2D eigenvalue weighted by Crippen LogP contribution is -1.92. The molecule has 0 bridgehead atoms. The van der Waals surface area contributed by atoms with E-state index in [1.54, 1.807) is 0 Å². The summed E-state index contributed by atoms with van der Waals surface area (Å²) < 4.78 is 0. The molecule has 67 valence electrons. The van der Waals surface area contributed by atoms with Crippen LogP contribution in [0.5, 0.6) is 0 Å². The zero-order valence-electron chi connectivity index (χ0n) is 7.57. The number of nitrogens with zero attached hydrogens (tertiary/aromatic N) is 1. The fourth-order valence-corrected chi connectivity index (χ4v) is 1.76. The van der Waals surface area contributed by atoms with Crippen molar-refractivity contribution in [3.8, 4) is 0 Å². The Morgan fingerprint density at radius 1 is 1.14 bits per heavy atom. The minimum absolute atomic E-state index is 1.03. The van der Waals surface area contributed by atoms with Gasteiger partial charge < -0.3 is 4.98 Å². The first-order valence-corrected chi connectivity index (χ1v) is 4.59. The number of hydrogen-bond acceptors (Lipinski definition) is 0. The molecule has 0 aliphatic carbocycles. The highest BCUT2D eigenvalue weighted by atomic mass is 14.9. The van der Waals surface area contributed by atoms with Gasteiger partial charge in [0.05, 0.1) is 11.2 Å². The fraction of sp³-hybridized carbons (Fsp3) is 0. The topological polar surface area (TPSA) is 29.9 Å². The fourth-order valence-electron chi connectivity index (χ4n) is 1.76. The largest absolute Gasteiger partial charge is 0.361 e. The van der Waals surface area contributed by atoms with E-state index >= 15 is 0 Å². The standard InChI is InChI=1S/C12H9N2/c1-3-9-6-8-14-12(9)10(4-1)11-5-2-7-13-11/h1-8,14H. The molecule has 0 amide bonds. The van der Waals surface area contributed by atoms with Crippen molar-refractivity contribution in [1.29, 1.82) is 0 Å². The third-order valence-corrected chi connectivity index (χ3v) is 2.42. The van der Waals surface area contributed by atoms with Gasteiger partial charge >= 0.3 is 0 Å². The molecule has 0 spiro atoms. The number of rotatable bonds is 1. The molecule has 1 aromatic heterocycles. The molecule has 1 N–H and O–H groups in total. The van der Waals surface area contributed by atoms with Crippen LogP contribution >= 0.6 is 0 Å². The lowest BCUT2D eigenvalue weighted by Gasteiger charge is -2.02. The number of aromatic amines is 1. The minimum atomic E-state index is 1.03. The van der Waals surface area contributed by atoms with E-state index in [1.807, 2.05) is 24.5 Å². The van der Waals surface area contributed by atoms with E-state index in [9.17, 15) is 0 Å². The summed E-state index contributed by atoms with van der Waals surface area (Å²) in [5.74, 6) is 0. The average molecular weight is 181 g/mol. The van der Waals surface area contributed by atoms with Gasteiger partial charge in [0.2, 0.25) is 0 Å². The second-order valence-electron chi connectivity index (χ2n) is 3.27. The lowest BCUT2D eigenvalue weighted by atomic mass is 10.1. The highest BCUT2D eigenvalue weighted by Gasteiger charge is 2.08. The molecule has 0 saturated heterocycles.